The topological polar surface area (TPSA) is 91.9 Å². The van der Waals surface area contributed by atoms with E-state index in [9.17, 15) is 14.4 Å². The quantitative estimate of drug-likeness (QED) is 0.487. The number of fused-ring (bicyclic) bond motifs is 1. The predicted molar refractivity (Wildman–Crippen MR) is 125 cm³/mol. The van der Waals surface area contributed by atoms with Gasteiger partial charge in [0.2, 0.25) is 0 Å². The van der Waals surface area contributed by atoms with Gasteiger partial charge in [-0.15, -0.1) is 11.3 Å². The third kappa shape index (κ3) is 4.45. The Morgan fingerprint density at radius 1 is 1.34 bits per heavy atom. The van der Waals surface area contributed by atoms with Crippen LogP contribution >= 0.6 is 11.3 Å². The Balaban J connectivity index is 1.75. The Morgan fingerprint density at radius 2 is 2.06 bits per heavy atom. The van der Waals surface area contributed by atoms with E-state index in [-0.39, 0.29) is 23.9 Å². The van der Waals surface area contributed by atoms with Gasteiger partial charge in [0.25, 0.3) is 5.56 Å². The summed E-state index contributed by atoms with van der Waals surface area (Å²) in [6.45, 7) is 10.3. The molecule has 0 aromatic carbocycles. The third-order valence-electron chi connectivity index (χ3n) is 6.02. The highest BCUT2D eigenvalue weighted by Crippen LogP contribution is 2.41. The summed E-state index contributed by atoms with van der Waals surface area (Å²) in [6.07, 6.45) is 5.10. The zero-order valence-corrected chi connectivity index (χ0v) is 20.2. The lowest BCUT2D eigenvalue weighted by atomic mass is 10.2. The van der Waals surface area contributed by atoms with Gasteiger partial charge in [-0.2, -0.15) is 0 Å². The minimum Gasteiger partial charge on any atom is -0.459 e. The SMILES string of the molecule is Cc1c(C=NCC(=O)OC(C)(C)C)sc2c1c(=O)n(C1(C)CC1)c(=O)n2C[C@@H]1CCCO1. The molecule has 0 bridgehead atoms. The number of aryl methyl sites for hydroxylation is 1. The molecule has 1 saturated carbocycles. The molecule has 2 aliphatic rings. The lowest BCUT2D eigenvalue weighted by molar-refractivity contribution is -0.152. The molecular formula is C23H31N3O5S. The van der Waals surface area contributed by atoms with Crippen LogP contribution in [0.5, 0.6) is 0 Å². The molecule has 1 aliphatic carbocycles. The molecule has 0 unspecified atom stereocenters. The normalized spacial score (nSPS) is 20.3. The first-order chi connectivity index (χ1) is 15.0. The maximum atomic E-state index is 13.4. The Hall–Kier alpha value is -2.26. The molecule has 0 N–H and O–H groups in total. The highest BCUT2D eigenvalue weighted by molar-refractivity contribution is 7.20. The number of aromatic nitrogens is 2. The fraction of sp³-hybridized carbons (Fsp3) is 0.652. The molecule has 174 valence electrons. The molecular weight excluding hydrogens is 430 g/mol. The van der Waals surface area contributed by atoms with Crippen LogP contribution in [-0.2, 0) is 26.4 Å². The molecule has 2 fully saturated rings. The summed E-state index contributed by atoms with van der Waals surface area (Å²) in [7, 11) is 0. The summed E-state index contributed by atoms with van der Waals surface area (Å²) < 4.78 is 14.2. The first kappa shape index (κ1) is 22.9. The van der Waals surface area contributed by atoms with E-state index < -0.39 is 17.1 Å². The predicted octanol–water partition coefficient (Wildman–Crippen LogP) is 2.98. The number of rotatable bonds is 6. The van der Waals surface area contributed by atoms with Crippen LogP contribution in [0, 0.1) is 6.92 Å². The van der Waals surface area contributed by atoms with Crippen molar-refractivity contribution in [1.29, 1.82) is 0 Å². The average Bonchev–Trinajstić information content (AvgIpc) is 3.09. The molecule has 4 rings (SSSR count). The van der Waals surface area contributed by atoms with Crippen molar-refractivity contribution < 1.29 is 14.3 Å². The van der Waals surface area contributed by atoms with Crippen LogP contribution in [0.15, 0.2) is 14.6 Å². The van der Waals surface area contributed by atoms with Crippen LogP contribution in [0.1, 0.15) is 63.8 Å². The highest BCUT2D eigenvalue weighted by Gasteiger charge is 2.43. The molecule has 1 saturated heterocycles. The summed E-state index contributed by atoms with van der Waals surface area (Å²) in [5, 5.41) is 0.555. The maximum absolute atomic E-state index is 13.4. The molecule has 32 heavy (non-hydrogen) atoms. The molecule has 1 aliphatic heterocycles. The summed E-state index contributed by atoms with van der Waals surface area (Å²) >= 11 is 1.36. The van der Waals surface area contributed by atoms with E-state index >= 15 is 0 Å². The van der Waals surface area contributed by atoms with E-state index in [1.807, 2.05) is 34.6 Å². The highest BCUT2D eigenvalue weighted by atomic mass is 32.1. The third-order valence-corrected chi connectivity index (χ3v) is 7.27. The van der Waals surface area contributed by atoms with E-state index in [0.717, 1.165) is 36.1 Å². The van der Waals surface area contributed by atoms with E-state index in [0.29, 0.717) is 23.4 Å². The second kappa shape index (κ2) is 8.26. The molecule has 3 heterocycles. The largest absolute Gasteiger partial charge is 0.459 e. The van der Waals surface area contributed by atoms with Crippen molar-refractivity contribution in [3.05, 3.63) is 31.3 Å². The van der Waals surface area contributed by atoms with E-state index in [1.54, 1.807) is 10.8 Å². The smallest absolute Gasteiger partial charge is 0.332 e. The van der Waals surface area contributed by atoms with E-state index in [4.69, 9.17) is 9.47 Å². The van der Waals surface area contributed by atoms with Gasteiger partial charge < -0.3 is 9.47 Å². The van der Waals surface area contributed by atoms with E-state index in [1.165, 1.54) is 15.9 Å². The molecule has 2 aromatic rings. The van der Waals surface area contributed by atoms with Gasteiger partial charge in [-0.05, 0) is 65.9 Å². The zero-order chi connectivity index (χ0) is 23.3. The monoisotopic (exact) mass is 461 g/mol. The van der Waals surface area contributed by atoms with Gasteiger partial charge in [0.15, 0.2) is 0 Å². The Labute approximate surface area is 190 Å². The first-order valence-corrected chi connectivity index (χ1v) is 11.9. The Kier molecular flexibility index (Phi) is 5.92. The number of aliphatic imine (C=N–C) groups is 1. The number of nitrogens with zero attached hydrogens (tertiary/aromatic N) is 3. The number of esters is 1. The van der Waals surface area contributed by atoms with Crippen molar-refractivity contribution in [2.45, 2.75) is 84.1 Å². The second-order valence-corrected chi connectivity index (χ2v) is 11.0. The van der Waals surface area contributed by atoms with Gasteiger partial charge in [0.05, 0.1) is 28.5 Å². The fourth-order valence-electron chi connectivity index (χ4n) is 4.10. The lowest BCUT2D eigenvalue weighted by Crippen LogP contribution is -2.45. The van der Waals surface area contributed by atoms with Gasteiger partial charge in [-0.3, -0.25) is 23.7 Å². The number of carbonyl (C=O) groups is 1. The van der Waals surface area contributed by atoms with Crippen molar-refractivity contribution in [2.75, 3.05) is 13.2 Å². The Morgan fingerprint density at radius 3 is 2.66 bits per heavy atom. The summed E-state index contributed by atoms with van der Waals surface area (Å²) in [6, 6.07) is 0. The van der Waals surface area contributed by atoms with Gasteiger partial charge in [-0.25, -0.2) is 4.79 Å². The van der Waals surface area contributed by atoms with Crippen LogP contribution < -0.4 is 11.2 Å². The van der Waals surface area contributed by atoms with Crippen LogP contribution in [0.4, 0.5) is 0 Å². The summed E-state index contributed by atoms with van der Waals surface area (Å²) in [5.74, 6) is -0.410. The van der Waals surface area contributed by atoms with Crippen molar-refractivity contribution in [2.24, 2.45) is 4.99 Å². The summed E-state index contributed by atoms with van der Waals surface area (Å²) in [4.78, 5) is 44.4. The van der Waals surface area contributed by atoms with Crippen LogP contribution in [0.3, 0.4) is 0 Å². The van der Waals surface area contributed by atoms with Crippen molar-refractivity contribution in [3.8, 4) is 0 Å². The van der Waals surface area contributed by atoms with Crippen molar-refractivity contribution in [1.82, 2.24) is 9.13 Å². The molecule has 0 radical (unpaired) electrons. The fourth-order valence-corrected chi connectivity index (χ4v) is 5.29. The standard InChI is InChI=1S/C23H31N3O5S/c1-14-16(11-24-12-17(27)31-22(2,3)4)32-20-18(14)19(28)26(23(5)8-9-23)21(29)25(20)13-15-7-6-10-30-15/h11,15H,6-10,12-13H2,1-5H3/t15-/m0/s1. The maximum Gasteiger partial charge on any atom is 0.332 e. The number of ether oxygens (including phenoxy) is 2. The molecule has 2 aromatic heterocycles. The lowest BCUT2D eigenvalue weighted by Gasteiger charge is -2.18. The second-order valence-electron chi connectivity index (χ2n) is 9.99. The van der Waals surface area contributed by atoms with Gasteiger partial charge in [0, 0.05) is 12.8 Å². The molecule has 9 heteroatoms. The number of thiophene rings is 1. The van der Waals surface area contributed by atoms with E-state index in [2.05, 4.69) is 4.99 Å². The number of hydrogen-bond acceptors (Lipinski definition) is 7. The first-order valence-electron chi connectivity index (χ1n) is 11.1. The zero-order valence-electron chi connectivity index (χ0n) is 19.4. The molecule has 8 nitrogen and oxygen atoms in total. The molecule has 0 spiro atoms. The number of hydrogen-bond donors (Lipinski definition) is 0. The molecule has 0 amide bonds. The number of carbonyl (C=O) groups excluding carboxylic acids is 1. The minimum atomic E-state index is -0.567. The van der Waals surface area contributed by atoms with Crippen LogP contribution in [0.2, 0.25) is 0 Å². The van der Waals surface area contributed by atoms with Crippen molar-refractivity contribution in [3.63, 3.8) is 0 Å². The van der Waals surface area contributed by atoms with Crippen LogP contribution in [0.25, 0.3) is 10.2 Å². The average molecular weight is 462 g/mol. The minimum absolute atomic E-state index is 0.0273. The van der Waals surface area contributed by atoms with Gasteiger partial charge >= 0.3 is 11.7 Å². The Bertz CT molecular complexity index is 1190. The molecule has 1 atom stereocenters. The van der Waals surface area contributed by atoms with Crippen molar-refractivity contribution >= 4 is 33.7 Å². The van der Waals surface area contributed by atoms with Gasteiger partial charge in [-0.1, -0.05) is 0 Å². The van der Waals surface area contributed by atoms with Gasteiger partial charge in [0.1, 0.15) is 17.0 Å². The summed E-state index contributed by atoms with van der Waals surface area (Å²) in [5.41, 5.74) is -0.713. The van der Waals surface area contributed by atoms with Crippen LogP contribution in [-0.4, -0.2) is 46.2 Å².